The summed E-state index contributed by atoms with van der Waals surface area (Å²) in [6, 6.07) is 62.9. The zero-order valence-electron chi connectivity index (χ0n) is 44.4. The van der Waals surface area contributed by atoms with Gasteiger partial charge in [-0.1, -0.05) is 154 Å². The van der Waals surface area contributed by atoms with Crippen LogP contribution in [-0.2, 0) is 10.8 Å². The van der Waals surface area contributed by atoms with Gasteiger partial charge in [0, 0.05) is 70.9 Å². The van der Waals surface area contributed by atoms with E-state index in [0.29, 0.717) is 0 Å². The molecule has 0 saturated heterocycles. The van der Waals surface area contributed by atoms with E-state index < -0.39 is 0 Å². The lowest BCUT2D eigenvalue weighted by Gasteiger charge is -2.30. The second-order valence-electron chi connectivity index (χ2n) is 19.9. The monoisotopic (exact) mass is 866 g/mol. The third kappa shape index (κ3) is 5.43. The van der Waals surface area contributed by atoms with E-state index in [-0.39, 0.29) is 12.3 Å². The van der Waals surface area contributed by atoms with Crippen LogP contribution < -0.4 is 4.90 Å². The van der Waals surface area contributed by atoms with Gasteiger partial charge in [-0.15, -0.1) is 0 Å². The number of para-hydroxylation sites is 2. The summed E-state index contributed by atoms with van der Waals surface area (Å²) in [5.41, 5.74) is 25.2. The van der Waals surface area contributed by atoms with Crippen LogP contribution in [0.15, 0.2) is 179 Å². The number of anilines is 3. The fourth-order valence-electron chi connectivity index (χ4n) is 11.5. The van der Waals surface area contributed by atoms with Gasteiger partial charge in [-0.2, -0.15) is 0 Å². The fraction of sp³-hybridized carbons (Fsp3) is 0.143. The molecule has 0 amide bonds. The highest BCUT2D eigenvalue weighted by molar-refractivity contribution is 6.20. The van der Waals surface area contributed by atoms with Crippen LogP contribution in [0.2, 0.25) is 0 Å². The lowest BCUT2D eigenvalue weighted by atomic mass is 9.80. The number of rotatable bonds is 5. The van der Waals surface area contributed by atoms with Crippen LogP contribution in [0.5, 0.6) is 0 Å². The van der Waals surface area contributed by atoms with Gasteiger partial charge in [-0.25, -0.2) is 0 Å². The van der Waals surface area contributed by atoms with E-state index in [1.807, 2.05) is 0 Å². The molecule has 0 saturated carbocycles. The Bertz CT molecular complexity index is 3620. The molecule has 326 valence electrons. The highest BCUT2D eigenvalue weighted by atomic mass is 16.3. The van der Waals surface area contributed by atoms with Crippen molar-refractivity contribution in [3.63, 3.8) is 0 Å². The average Bonchev–Trinajstić information content (AvgIpc) is 4.12. The van der Waals surface area contributed by atoms with E-state index >= 15 is 0 Å². The van der Waals surface area contributed by atoms with Crippen molar-refractivity contribution in [1.29, 1.82) is 0 Å². The predicted molar refractivity (Wildman–Crippen MR) is 284 cm³/mol. The van der Waals surface area contributed by atoms with Crippen molar-refractivity contribution in [3.05, 3.63) is 209 Å². The summed E-state index contributed by atoms with van der Waals surface area (Å²) >= 11 is 0. The molecule has 3 heteroatoms. The van der Waals surface area contributed by atoms with Crippen LogP contribution in [0.25, 0.3) is 88.4 Å². The van der Waals surface area contributed by atoms with Crippen molar-refractivity contribution in [2.75, 3.05) is 4.90 Å². The van der Waals surface area contributed by atoms with Crippen LogP contribution in [0.4, 0.5) is 17.1 Å². The number of hydrogen-bond donors (Lipinski definition) is 0. The predicted octanol–water partition coefficient (Wildman–Crippen LogP) is 18.8. The summed E-state index contributed by atoms with van der Waals surface area (Å²) in [5.74, 6) is 0. The average molecular weight is 867 g/mol. The van der Waals surface area contributed by atoms with E-state index in [9.17, 15) is 0 Å². The van der Waals surface area contributed by atoms with Crippen molar-refractivity contribution >= 4 is 60.9 Å². The maximum absolute atomic E-state index is 6.80. The lowest BCUT2D eigenvalue weighted by molar-refractivity contribution is 0.657. The van der Waals surface area contributed by atoms with Crippen molar-refractivity contribution in [2.24, 2.45) is 0 Å². The molecule has 0 bridgehead atoms. The first-order valence-electron chi connectivity index (χ1n) is 26.2. The van der Waals surface area contributed by atoms with Gasteiger partial charge in [0.1, 0.15) is 22.3 Å². The lowest BCUT2D eigenvalue weighted by Crippen LogP contribution is -2.18. The maximum atomic E-state index is 6.80. The van der Waals surface area contributed by atoms with Crippen molar-refractivity contribution in [3.8, 4) is 44.5 Å². The van der Waals surface area contributed by atoms with Gasteiger partial charge in [0.25, 0.3) is 0 Å². The quantitative estimate of drug-likeness (QED) is 0.173. The molecular formula is C63H57NO2. The molecule has 0 aliphatic heterocycles. The number of benzene rings is 9. The van der Waals surface area contributed by atoms with Crippen LogP contribution in [-0.4, -0.2) is 0 Å². The van der Waals surface area contributed by atoms with Gasteiger partial charge < -0.3 is 13.7 Å². The van der Waals surface area contributed by atoms with Crippen molar-refractivity contribution in [2.45, 2.75) is 59.3 Å². The second-order valence-corrected chi connectivity index (χ2v) is 19.9. The number of nitrogens with zero attached hydrogens (tertiary/aromatic N) is 1. The van der Waals surface area contributed by atoms with Gasteiger partial charge in [0.15, 0.2) is 0 Å². The molecule has 0 atom stereocenters. The van der Waals surface area contributed by atoms with E-state index in [2.05, 4.69) is 223 Å². The Morgan fingerprint density at radius 1 is 0.394 bits per heavy atom. The third-order valence-electron chi connectivity index (χ3n) is 15.1. The molecule has 0 unspecified atom stereocenters. The van der Waals surface area contributed by atoms with Crippen LogP contribution in [0, 0.1) is 20.8 Å². The molecule has 3 nitrogen and oxygen atoms in total. The Morgan fingerprint density at radius 3 is 1.20 bits per heavy atom. The molecule has 0 spiro atoms. The first kappa shape index (κ1) is 35.7. The molecule has 11 aromatic rings. The molecule has 0 fully saturated rings. The number of furan rings is 2. The minimum absolute atomic E-state index is 0. The standard InChI is InChI=1S/C63H49NO2.4H2/c1-36-16-22-39(23-17-36)48-34-52-56(58-46-12-8-10-14-54(46)65-60(48)58)44-30-28-42(32-50(44)62(52,4)5)64(41-26-20-38(3)21-27-41)43-29-31-45-51(33-43)63(6,7)53-35-49(40-24-18-37(2)19-25-40)61-59(57(45)53)47-13-9-11-15-55(47)66-61;;;;/h8-35H,1-7H3;4*1H/i;3*1+1D;1+1. The molecule has 13 rings (SSSR count). The summed E-state index contributed by atoms with van der Waals surface area (Å²) in [6.45, 7) is 16.0. The molecule has 66 heavy (non-hydrogen) atoms. The number of fused-ring (bicyclic) bond motifs is 14. The smallest absolute Gasteiger partial charge is 0.143 e. The van der Waals surface area contributed by atoms with Gasteiger partial charge >= 0.3 is 0 Å². The first-order chi connectivity index (χ1) is 35.0. The molecule has 2 heterocycles. The number of aryl methyl sites for hydroxylation is 3. The molecule has 0 N–H and O–H groups in total. The normalized spacial score (nSPS) is 14.6. The minimum Gasteiger partial charge on any atom is -0.455 e. The third-order valence-corrected chi connectivity index (χ3v) is 15.1. The summed E-state index contributed by atoms with van der Waals surface area (Å²) in [5, 5.41) is 4.69. The van der Waals surface area contributed by atoms with Crippen molar-refractivity contribution in [1.82, 2.24) is 0 Å². The largest absolute Gasteiger partial charge is 0.455 e. The SMILES string of the molecule is Cc1ccc(-c2cc3c(c4c2oc2ccccc24)-c2ccc(N(c4ccc(C)cc4)c4ccc5c(c4)C(C)(C)c4cc(-c6ccc(C)cc6)c6oc7ccccc7c6c4-5)cc2C3(C)C)cc1.[2HH].[2H][2H].[2H][2H].[2H][2H]. The fourth-order valence-corrected chi connectivity index (χ4v) is 11.5. The van der Waals surface area contributed by atoms with Gasteiger partial charge in [0.2, 0.25) is 0 Å². The molecule has 2 aromatic heterocycles. The van der Waals surface area contributed by atoms with Gasteiger partial charge in [-0.05, 0) is 137 Å². The molecule has 2 aliphatic carbocycles. The van der Waals surface area contributed by atoms with Crippen molar-refractivity contribution < 1.29 is 19.2 Å². The topological polar surface area (TPSA) is 29.5 Å². The Hall–Kier alpha value is -7.62. The Morgan fingerprint density at radius 2 is 0.773 bits per heavy atom. The van der Waals surface area contributed by atoms with Gasteiger partial charge in [-0.3, -0.25) is 0 Å². The minimum atomic E-state index is -0.291. The Kier molecular flexibility index (Phi) is 7.41. The Balaban J connectivity index is 0.000000906. The van der Waals surface area contributed by atoms with Crippen LogP contribution in [0.3, 0.4) is 0 Å². The summed E-state index contributed by atoms with van der Waals surface area (Å²) in [4.78, 5) is 2.46. The van der Waals surface area contributed by atoms with Crippen LogP contribution in [0.1, 0.15) is 77.0 Å². The second kappa shape index (κ2) is 13.7. The highest BCUT2D eigenvalue weighted by Crippen LogP contribution is 2.58. The van der Waals surface area contributed by atoms with Crippen LogP contribution >= 0.6 is 0 Å². The zero-order chi connectivity index (χ0) is 50.8. The molecule has 9 aromatic carbocycles. The van der Waals surface area contributed by atoms with E-state index in [0.717, 1.165) is 61.3 Å². The summed E-state index contributed by atoms with van der Waals surface area (Å²) < 4.78 is 43.6. The zero-order valence-corrected chi connectivity index (χ0v) is 38.4. The van der Waals surface area contributed by atoms with Gasteiger partial charge in [0.05, 0.1) is 0 Å². The first-order valence-corrected chi connectivity index (χ1v) is 23.2. The maximum Gasteiger partial charge on any atom is 0.143 e. The number of hydrogen-bond acceptors (Lipinski definition) is 3. The van der Waals surface area contributed by atoms with E-state index in [1.165, 1.54) is 83.1 Å². The molecular weight excluding hydrogens is 803 g/mol. The Labute approximate surface area is 396 Å². The highest BCUT2D eigenvalue weighted by Gasteiger charge is 2.41. The van der Waals surface area contributed by atoms with E-state index in [1.54, 1.807) is 0 Å². The molecule has 2 aliphatic rings. The summed E-state index contributed by atoms with van der Waals surface area (Å²) in [6.07, 6.45) is 0. The molecule has 0 radical (unpaired) electrons. The summed E-state index contributed by atoms with van der Waals surface area (Å²) in [7, 11) is 0. The van der Waals surface area contributed by atoms with E-state index in [4.69, 9.17) is 17.7 Å².